The van der Waals surface area contributed by atoms with Crippen LogP contribution >= 0.6 is 0 Å². The molecule has 0 aromatic heterocycles. The third-order valence-corrected chi connectivity index (χ3v) is 4.27. The minimum absolute atomic E-state index is 0.0369. The van der Waals surface area contributed by atoms with E-state index in [4.69, 9.17) is 4.74 Å². The lowest BCUT2D eigenvalue weighted by molar-refractivity contribution is -0.277. The van der Waals surface area contributed by atoms with Gasteiger partial charge in [0.15, 0.2) is 0 Å². The number of allylic oxidation sites excluding steroid dienone is 1. The minimum atomic E-state index is -5.19. The average molecular weight is 426 g/mol. The van der Waals surface area contributed by atoms with Gasteiger partial charge in [0.1, 0.15) is 6.10 Å². The molecule has 0 spiro atoms. The van der Waals surface area contributed by atoms with E-state index in [1.807, 2.05) is 6.92 Å². The fourth-order valence-electron chi connectivity index (χ4n) is 2.79. The molecule has 0 aliphatic rings. The summed E-state index contributed by atoms with van der Waals surface area (Å²) in [7, 11) is 0.698. The van der Waals surface area contributed by atoms with E-state index in [1.165, 1.54) is 18.2 Å². The highest BCUT2D eigenvalue weighted by molar-refractivity contribution is 5.83. The van der Waals surface area contributed by atoms with Crippen LogP contribution in [-0.2, 0) is 19.9 Å². The lowest BCUT2D eigenvalue weighted by atomic mass is 9.92. The highest BCUT2D eigenvalue weighted by atomic mass is 19.4. The maximum atomic E-state index is 13.9. The molecule has 0 aliphatic heterocycles. The molecule has 3 nitrogen and oxygen atoms in total. The van der Waals surface area contributed by atoms with Crippen molar-refractivity contribution in [2.75, 3.05) is 7.11 Å². The van der Waals surface area contributed by atoms with Gasteiger partial charge in [-0.05, 0) is 18.9 Å². The number of ether oxygens (including phenoxy) is 2. The number of halogens is 6. The molecular weight excluding hydrogens is 402 g/mol. The van der Waals surface area contributed by atoms with Gasteiger partial charge in [0.2, 0.25) is 0 Å². The summed E-state index contributed by atoms with van der Waals surface area (Å²) in [4.78, 5) is 12.6. The van der Waals surface area contributed by atoms with Gasteiger partial charge in [0.25, 0.3) is 5.60 Å². The fourth-order valence-corrected chi connectivity index (χ4v) is 2.79. The number of alkyl halides is 6. The van der Waals surface area contributed by atoms with Crippen LogP contribution in [-0.4, -0.2) is 31.5 Å². The number of carbonyl (C=O) groups excluding carboxylic acids is 1. The second kappa shape index (κ2) is 10.7. The van der Waals surface area contributed by atoms with Gasteiger partial charge in [-0.3, -0.25) is 0 Å². The van der Waals surface area contributed by atoms with E-state index in [0.29, 0.717) is 26.0 Å². The van der Waals surface area contributed by atoms with Crippen LogP contribution in [0.5, 0.6) is 0 Å². The molecule has 0 amide bonds. The number of esters is 1. The van der Waals surface area contributed by atoms with Gasteiger partial charge in [-0.25, -0.2) is 4.79 Å². The van der Waals surface area contributed by atoms with Crippen LogP contribution in [0.4, 0.5) is 26.3 Å². The van der Waals surface area contributed by atoms with Crippen LogP contribution in [0.2, 0.25) is 0 Å². The zero-order valence-electron chi connectivity index (χ0n) is 16.1. The Morgan fingerprint density at radius 3 is 2.14 bits per heavy atom. The molecule has 0 saturated heterocycles. The Balaban J connectivity index is 3.18. The summed E-state index contributed by atoms with van der Waals surface area (Å²) < 4.78 is 88.6. The topological polar surface area (TPSA) is 35.5 Å². The zero-order valence-corrected chi connectivity index (χ0v) is 16.1. The summed E-state index contributed by atoms with van der Waals surface area (Å²) >= 11 is 0. The highest BCUT2D eigenvalue weighted by Gasteiger charge is 2.64. The third-order valence-electron chi connectivity index (χ3n) is 4.27. The smallest absolute Gasteiger partial charge is 0.432 e. The van der Waals surface area contributed by atoms with Crippen LogP contribution in [0.3, 0.4) is 0 Å². The molecule has 164 valence electrons. The van der Waals surface area contributed by atoms with Gasteiger partial charge in [-0.2, -0.15) is 26.3 Å². The third kappa shape index (κ3) is 7.06. The van der Waals surface area contributed by atoms with Crippen molar-refractivity contribution in [1.29, 1.82) is 0 Å². The van der Waals surface area contributed by atoms with E-state index in [1.54, 1.807) is 0 Å². The normalized spacial score (nSPS) is 15.9. The number of methoxy groups -OCH3 is 1. The summed E-state index contributed by atoms with van der Waals surface area (Å²) in [6.45, 7) is 1.93. The molecule has 0 N–H and O–H groups in total. The van der Waals surface area contributed by atoms with E-state index >= 15 is 0 Å². The molecule has 1 rings (SSSR count). The summed E-state index contributed by atoms with van der Waals surface area (Å²) in [6.07, 6.45) is -8.26. The standard InChI is InChI=1S/C20H24F6O3/c1-3-4-5-9-12-16(13-14-18(21,22)23)29-17(27)19(28-2,20(24,25)26)15-10-7-6-8-11-15/h6-8,10-11,13-14,16H,3-5,9,12H2,1-2H3/b14-13+/t16-,19-/m1/s1. The van der Waals surface area contributed by atoms with E-state index in [9.17, 15) is 31.1 Å². The Morgan fingerprint density at radius 2 is 1.66 bits per heavy atom. The summed E-state index contributed by atoms with van der Waals surface area (Å²) in [5.74, 6) is -1.81. The Morgan fingerprint density at radius 1 is 1.03 bits per heavy atom. The van der Waals surface area contributed by atoms with Gasteiger partial charge < -0.3 is 9.47 Å². The molecule has 1 aromatic rings. The second-order valence-corrected chi connectivity index (χ2v) is 6.44. The summed E-state index contributed by atoms with van der Waals surface area (Å²) in [6, 6.07) is 6.11. The van der Waals surface area contributed by atoms with E-state index in [0.717, 1.165) is 25.0 Å². The van der Waals surface area contributed by atoms with Crippen molar-refractivity contribution < 1.29 is 40.6 Å². The van der Waals surface area contributed by atoms with Crippen molar-refractivity contribution in [2.45, 2.75) is 63.1 Å². The van der Waals surface area contributed by atoms with Crippen molar-refractivity contribution in [1.82, 2.24) is 0 Å². The van der Waals surface area contributed by atoms with Crippen LogP contribution in [0.15, 0.2) is 42.5 Å². The monoisotopic (exact) mass is 426 g/mol. The van der Waals surface area contributed by atoms with Crippen molar-refractivity contribution in [3.8, 4) is 0 Å². The molecule has 0 unspecified atom stereocenters. The van der Waals surface area contributed by atoms with E-state index < -0.39 is 35.6 Å². The zero-order chi connectivity index (χ0) is 22.1. The molecule has 0 radical (unpaired) electrons. The molecule has 0 heterocycles. The first-order valence-electron chi connectivity index (χ1n) is 9.12. The lowest BCUT2D eigenvalue weighted by Crippen LogP contribution is -2.52. The quantitative estimate of drug-likeness (QED) is 0.197. The van der Waals surface area contributed by atoms with Crippen LogP contribution < -0.4 is 0 Å². The number of rotatable bonds is 10. The maximum absolute atomic E-state index is 13.9. The minimum Gasteiger partial charge on any atom is -0.455 e. The Bertz CT molecular complexity index is 654. The molecule has 2 atom stereocenters. The van der Waals surface area contributed by atoms with Gasteiger partial charge in [0, 0.05) is 18.7 Å². The molecule has 0 aliphatic carbocycles. The molecule has 0 bridgehead atoms. The molecule has 29 heavy (non-hydrogen) atoms. The SMILES string of the molecule is CCCCCC[C@H](/C=C/C(F)(F)F)OC(=O)[C@](OC)(c1ccccc1)C(F)(F)F. The summed E-state index contributed by atoms with van der Waals surface area (Å²) in [5.41, 5.74) is -3.97. The first kappa shape index (κ1) is 25.0. The molecule has 0 fully saturated rings. The number of hydrogen-bond acceptors (Lipinski definition) is 3. The van der Waals surface area contributed by atoms with Crippen LogP contribution in [0, 0.1) is 0 Å². The first-order valence-corrected chi connectivity index (χ1v) is 9.12. The lowest BCUT2D eigenvalue weighted by Gasteiger charge is -2.33. The number of benzene rings is 1. The van der Waals surface area contributed by atoms with Crippen LogP contribution in [0.25, 0.3) is 0 Å². The van der Waals surface area contributed by atoms with Gasteiger partial charge in [0.05, 0.1) is 0 Å². The van der Waals surface area contributed by atoms with Gasteiger partial charge >= 0.3 is 18.3 Å². The second-order valence-electron chi connectivity index (χ2n) is 6.44. The molecule has 0 saturated carbocycles. The number of unbranched alkanes of at least 4 members (excludes halogenated alkanes) is 3. The Hall–Kier alpha value is -2.03. The van der Waals surface area contributed by atoms with Crippen molar-refractivity contribution >= 4 is 5.97 Å². The highest BCUT2D eigenvalue weighted by Crippen LogP contribution is 2.43. The fraction of sp³-hybridized carbons (Fsp3) is 0.550. The predicted octanol–water partition coefficient (Wildman–Crippen LogP) is 6.09. The Kier molecular flexibility index (Phi) is 9.19. The van der Waals surface area contributed by atoms with Crippen LogP contribution in [0.1, 0.15) is 44.6 Å². The number of hydrogen-bond donors (Lipinski definition) is 0. The van der Waals surface area contributed by atoms with Gasteiger partial charge in [-0.1, -0.05) is 56.5 Å². The maximum Gasteiger partial charge on any atom is 0.432 e. The number of carbonyl (C=O) groups is 1. The molecule has 1 aromatic carbocycles. The van der Waals surface area contributed by atoms with E-state index in [-0.39, 0.29) is 12.5 Å². The van der Waals surface area contributed by atoms with Crippen molar-refractivity contribution in [3.63, 3.8) is 0 Å². The largest absolute Gasteiger partial charge is 0.455 e. The van der Waals surface area contributed by atoms with Crippen molar-refractivity contribution in [2.24, 2.45) is 0 Å². The average Bonchev–Trinajstić information content (AvgIpc) is 2.63. The molecule has 9 heteroatoms. The van der Waals surface area contributed by atoms with E-state index in [2.05, 4.69) is 4.74 Å². The predicted molar refractivity (Wildman–Crippen MR) is 95.0 cm³/mol. The van der Waals surface area contributed by atoms with Gasteiger partial charge in [-0.15, -0.1) is 0 Å². The first-order chi connectivity index (χ1) is 13.5. The van der Waals surface area contributed by atoms with Crippen molar-refractivity contribution in [3.05, 3.63) is 48.0 Å². The Labute approximate surface area is 165 Å². The summed E-state index contributed by atoms with van der Waals surface area (Å²) in [5, 5.41) is 0. The molecular formula is C20H24F6O3.